The zero-order valence-corrected chi connectivity index (χ0v) is 18.8. The fraction of sp³-hybridized carbons (Fsp3) is 0.0645. The Labute approximate surface area is 200 Å². The van der Waals surface area contributed by atoms with Gasteiger partial charge in [0.05, 0.1) is 22.7 Å². The van der Waals surface area contributed by atoms with Gasteiger partial charge in [0, 0.05) is 23.2 Å². The van der Waals surface area contributed by atoms with E-state index in [9.17, 15) is 0 Å². The molecule has 0 bridgehead atoms. The van der Waals surface area contributed by atoms with Crippen molar-refractivity contribution in [2.24, 2.45) is 0 Å². The number of aromatic nitrogens is 4. The Morgan fingerprint density at radius 2 is 1.51 bits per heavy atom. The van der Waals surface area contributed by atoms with Gasteiger partial charge in [-0.1, -0.05) is 36.4 Å². The van der Waals surface area contributed by atoms with E-state index >= 15 is 0 Å². The number of fused-ring (bicyclic) bond motifs is 15. The minimum absolute atomic E-state index is 0.907. The molecule has 0 atom stereocenters. The van der Waals surface area contributed by atoms with E-state index in [4.69, 9.17) is 9.97 Å². The second-order valence-electron chi connectivity index (χ2n) is 9.69. The summed E-state index contributed by atoms with van der Waals surface area (Å²) in [5.74, 6) is 0. The minimum Gasteiger partial charge on any atom is -0.290 e. The van der Waals surface area contributed by atoms with E-state index in [-0.39, 0.29) is 0 Å². The van der Waals surface area contributed by atoms with E-state index in [1.807, 2.05) is 30.7 Å². The molecule has 0 radical (unpaired) electrons. The number of nitrogens with zero attached hydrogens (tertiary/aromatic N) is 4. The molecule has 0 N–H and O–H groups in total. The van der Waals surface area contributed by atoms with Crippen molar-refractivity contribution in [1.82, 2.24) is 19.4 Å². The topological polar surface area (TPSA) is 43.1 Å². The predicted molar refractivity (Wildman–Crippen MR) is 140 cm³/mol. The van der Waals surface area contributed by atoms with Crippen molar-refractivity contribution in [1.29, 1.82) is 0 Å². The maximum absolute atomic E-state index is 5.03. The molecule has 4 heterocycles. The third-order valence-electron chi connectivity index (χ3n) is 7.99. The molecule has 0 fully saturated rings. The Morgan fingerprint density at radius 3 is 2.46 bits per heavy atom. The van der Waals surface area contributed by atoms with E-state index in [0.29, 0.717) is 0 Å². The summed E-state index contributed by atoms with van der Waals surface area (Å²) in [4.78, 5) is 14.2. The molecule has 0 unspecified atom stereocenters. The van der Waals surface area contributed by atoms with Crippen LogP contribution in [0.3, 0.4) is 0 Å². The largest absolute Gasteiger partial charge is 0.290 e. The van der Waals surface area contributed by atoms with Gasteiger partial charge in [-0.15, -0.1) is 0 Å². The molecule has 0 aliphatic heterocycles. The van der Waals surface area contributed by atoms with Crippen molar-refractivity contribution in [3.8, 4) is 22.3 Å². The van der Waals surface area contributed by atoms with Crippen molar-refractivity contribution in [2.75, 3.05) is 0 Å². The zero-order valence-electron chi connectivity index (χ0n) is 18.8. The summed E-state index contributed by atoms with van der Waals surface area (Å²) in [5.41, 5.74) is 16.3. The smallest absolute Gasteiger partial charge is 0.146 e. The summed E-state index contributed by atoms with van der Waals surface area (Å²) in [6.07, 6.45) is 7.56. The Balaban J connectivity index is 1.38. The molecule has 9 rings (SSSR count). The molecule has 0 saturated carbocycles. The summed E-state index contributed by atoms with van der Waals surface area (Å²) < 4.78 is 2.24. The molecule has 3 aromatic carbocycles. The summed E-state index contributed by atoms with van der Waals surface area (Å²) in [6, 6.07) is 24.4. The highest BCUT2D eigenvalue weighted by molar-refractivity contribution is 6.14. The lowest BCUT2D eigenvalue weighted by molar-refractivity contribution is 1.16. The highest BCUT2D eigenvalue weighted by Gasteiger charge is 2.28. The van der Waals surface area contributed by atoms with Crippen LogP contribution in [0.2, 0.25) is 0 Å². The standard InChI is InChI=1S/C31H18N4/c1-2-5-19-17(4-1)12-23-20(19)7-8-21-22-15-25-26(14-18(22)13-24(21)23)31-34-27-16-32-11-9-28(27)35(31)29-6-3-10-33-30(25)29/h1-11,14-16H,12-13H2. The summed E-state index contributed by atoms with van der Waals surface area (Å²) in [7, 11) is 0. The Bertz CT molecular complexity index is 2070. The number of rotatable bonds is 0. The molecule has 7 aromatic rings. The maximum Gasteiger partial charge on any atom is 0.146 e. The van der Waals surface area contributed by atoms with Crippen LogP contribution in [0.15, 0.2) is 85.3 Å². The first-order valence-corrected chi connectivity index (χ1v) is 12.0. The van der Waals surface area contributed by atoms with Crippen LogP contribution >= 0.6 is 0 Å². The van der Waals surface area contributed by atoms with Crippen LogP contribution in [0.4, 0.5) is 0 Å². The predicted octanol–water partition coefficient (Wildman–Crippen LogP) is 6.73. The van der Waals surface area contributed by atoms with Crippen molar-refractivity contribution >= 4 is 38.5 Å². The number of imidazole rings is 1. The normalized spacial score (nSPS) is 13.5. The van der Waals surface area contributed by atoms with Crippen LogP contribution < -0.4 is 0 Å². The van der Waals surface area contributed by atoms with Crippen molar-refractivity contribution in [2.45, 2.75) is 12.8 Å². The van der Waals surface area contributed by atoms with Gasteiger partial charge < -0.3 is 0 Å². The Kier molecular flexibility index (Phi) is 3.11. The summed E-state index contributed by atoms with van der Waals surface area (Å²) >= 11 is 0. The molecule has 35 heavy (non-hydrogen) atoms. The van der Waals surface area contributed by atoms with Crippen LogP contribution in [0.5, 0.6) is 0 Å². The highest BCUT2D eigenvalue weighted by atomic mass is 15.0. The first-order chi connectivity index (χ1) is 17.3. The molecular weight excluding hydrogens is 428 g/mol. The summed E-state index contributed by atoms with van der Waals surface area (Å²) in [5, 5.41) is 2.31. The molecule has 4 nitrogen and oxygen atoms in total. The van der Waals surface area contributed by atoms with E-state index in [0.717, 1.165) is 51.3 Å². The van der Waals surface area contributed by atoms with Crippen LogP contribution in [0.1, 0.15) is 22.3 Å². The first-order valence-electron chi connectivity index (χ1n) is 12.0. The van der Waals surface area contributed by atoms with Gasteiger partial charge in [0.1, 0.15) is 11.2 Å². The number of hydrogen-bond acceptors (Lipinski definition) is 3. The molecular formula is C31H18N4. The number of benzene rings is 3. The molecule has 2 aliphatic carbocycles. The lowest BCUT2D eigenvalue weighted by Crippen LogP contribution is -1.94. The molecule has 162 valence electrons. The van der Waals surface area contributed by atoms with Crippen molar-refractivity contribution < 1.29 is 0 Å². The van der Waals surface area contributed by atoms with Gasteiger partial charge in [-0.2, -0.15) is 0 Å². The fourth-order valence-electron chi connectivity index (χ4n) is 6.48. The minimum atomic E-state index is 0.907. The average Bonchev–Trinajstić information content (AvgIpc) is 3.59. The molecule has 0 spiro atoms. The summed E-state index contributed by atoms with van der Waals surface area (Å²) in [6.45, 7) is 0. The van der Waals surface area contributed by atoms with E-state index in [1.165, 1.54) is 44.5 Å². The quantitative estimate of drug-likeness (QED) is 0.243. The van der Waals surface area contributed by atoms with Gasteiger partial charge in [-0.05, 0) is 87.7 Å². The maximum atomic E-state index is 5.03. The van der Waals surface area contributed by atoms with Gasteiger partial charge in [0.15, 0.2) is 0 Å². The molecule has 0 saturated heterocycles. The lowest BCUT2D eigenvalue weighted by atomic mass is 9.96. The van der Waals surface area contributed by atoms with E-state index in [1.54, 1.807) is 0 Å². The van der Waals surface area contributed by atoms with Gasteiger partial charge in [-0.25, -0.2) is 4.98 Å². The van der Waals surface area contributed by atoms with Gasteiger partial charge >= 0.3 is 0 Å². The fourth-order valence-corrected chi connectivity index (χ4v) is 6.48. The SMILES string of the molecule is c1ccc2c(c1)Cc1c-2ccc2c1Cc1cc3c(cc1-2)c1ncccc1n1c2ccncc2nc31. The molecule has 2 aliphatic rings. The first kappa shape index (κ1) is 17.8. The monoisotopic (exact) mass is 446 g/mol. The Hall–Kier alpha value is -4.57. The molecule has 4 heteroatoms. The van der Waals surface area contributed by atoms with Gasteiger partial charge in [0.25, 0.3) is 0 Å². The second kappa shape index (κ2) is 6.10. The number of pyridine rings is 3. The van der Waals surface area contributed by atoms with Crippen molar-refractivity contribution in [3.63, 3.8) is 0 Å². The van der Waals surface area contributed by atoms with Crippen LogP contribution in [-0.4, -0.2) is 19.4 Å². The third kappa shape index (κ3) is 2.15. The van der Waals surface area contributed by atoms with E-state index < -0.39 is 0 Å². The van der Waals surface area contributed by atoms with E-state index in [2.05, 4.69) is 64.0 Å². The second-order valence-corrected chi connectivity index (χ2v) is 9.69. The van der Waals surface area contributed by atoms with Gasteiger partial charge in [0.2, 0.25) is 0 Å². The molecule has 4 aromatic heterocycles. The van der Waals surface area contributed by atoms with Crippen LogP contribution in [0.25, 0.3) is 60.7 Å². The van der Waals surface area contributed by atoms with Crippen LogP contribution in [0, 0.1) is 0 Å². The highest BCUT2D eigenvalue weighted by Crippen LogP contribution is 2.48. The molecule has 0 amide bonds. The van der Waals surface area contributed by atoms with Gasteiger partial charge in [-0.3, -0.25) is 14.4 Å². The van der Waals surface area contributed by atoms with Crippen LogP contribution in [-0.2, 0) is 12.8 Å². The average molecular weight is 447 g/mol. The third-order valence-corrected chi connectivity index (χ3v) is 7.99. The number of hydrogen-bond donors (Lipinski definition) is 0. The van der Waals surface area contributed by atoms with Crippen molar-refractivity contribution in [3.05, 3.63) is 108 Å². The Morgan fingerprint density at radius 1 is 0.657 bits per heavy atom. The zero-order chi connectivity index (χ0) is 22.7. The lowest BCUT2D eigenvalue weighted by Gasteiger charge is -2.11.